The van der Waals surface area contributed by atoms with Gasteiger partial charge in [-0.05, 0) is 43.7 Å². The van der Waals surface area contributed by atoms with Gasteiger partial charge in [0.1, 0.15) is 0 Å². The van der Waals surface area contributed by atoms with Crippen molar-refractivity contribution in [3.63, 3.8) is 0 Å². The van der Waals surface area contributed by atoms with E-state index in [0.717, 1.165) is 49.4 Å². The molecule has 2 aromatic rings. The molecule has 134 valence electrons. The third kappa shape index (κ3) is 5.59. The number of thioether (sulfide) groups is 1. The van der Waals surface area contributed by atoms with Crippen LogP contribution in [0.3, 0.4) is 0 Å². The van der Waals surface area contributed by atoms with Crippen molar-refractivity contribution in [3.05, 3.63) is 50.9 Å². The number of nitrogens with zero attached hydrogens (tertiary/aromatic N) is 3. The first kappa shape index (κ1) is 18.5. The summed E-state index contributed by atoms with van der Waals surface area (Å²) in [5.74, 6) is 0.970. The van der Waals surface area contributed by atoms with Gasteiger partial charge in [-0.1, -0.05) is 27.7 Å². The van der Waals surface area contributed by atoms with Crippen molar-refractivity contribution < 1.29 is 0 Å². The largest absolute Gasteiger partial charge is 0.369 e. The minimum absolute atomic E-state index is 0.0867. The van der Waals surface area contributed by atoms with Crippen LogP contribution in [0.25, 0.3) is 0 Å². The summed E-state index contributed by atoms with van der Waals surface area (Å²) in [5, 5.41) is 0.711. The van der Waals surface area contributed by atoms with Gasteiger partial charge in [-0.15, -0.1) is 0 Å². The van der Waals surface area contributed by atoms with E-state index < -0.39 is 0 Å². The van der Waals surface area contributed by atoms with Gasteiger partial charge >= 0.3 is 0 Å². The molecule has 0 spiro atoms. The van der Waals surface area contributed by atoms with Gasteiger partial charge in [0.15, 0.2) is 5.16 Å². The number of aromatic nitrogens is 2. The number of hydrogen-bond acceptors (Lipinski definition) is 5. The highest BCUT2D eigenvalue weighted by molar-refractivity contribution is 9.10. The van der Waals surface area contributed by atoms with Gasteiger partial charge in [0.05, 0.1) is 0 Å². The number of H-pyrrole nitrogens is 1. The van der Waals surface area contributed by atoms with Crippen LogP contribution in [0, 0.1) is 6.92 Å². The molecule has 7 heteroatoms. The normalized spacial score (nSPS) is 15.5. The van der Waals surface area contributed by atoms with E-state index in [2.05, 4.69) is 60.8 Å². The summed E-state index contributed by atoms with van der Waals surface area (Å²) in [6.07, 6.45) is 2.66. The topological polar surface area (TPSA) is 52.2 Å². The lowest BCUT2D eigenvalue weighted by Gasteiger charge is -2.36. The average Bonchev–Trinajstić information content (AvgIpc) is 2.58. The SMILES string of the molecule is Cc1cc(Br)cc(N2CCN(CCCSc3nccc(=O)[nH]3)CC2)c1. The molecule has 0 saturated carbocycles. The summed E-state index contributed by atoms with van der Waals surface area (Å²) in [6, 6.07) is 8.04. The fourth-order valence-corrected chi connectivity index (χ4v) is 4.38. The molecule has 1 aromatic heterocycles. The quantitative estimate of drug-likeness (QED) is 0.440. The van der Waals surface area contributed by atoms with Gasteiger partial charge < -0.3 is 9.88 Å². The second-order valence-electron chi connectivity index (χ2n) is 6.26. The van der Waals surface area contributed by atoms with Crippen LogP contribution < -0.4 is 10.5 Å². The number of benzene rings is 1. The fraction of sp³-hybridized carbons (Fsp3) is 0.444. The predicted octanol–water partition coefficient (Wildman–Crippen LogP) is 3.15. The van der Waals surface area contributed by atoms with E-state index in [-0.39, 0.29) is 5.56 Å². The van der Waals surface area contributed by atoms with Crippen LogP contribution in [0.1, 0.15) is 12.0 Å². The van der Waals surface area contributed by atoms with Gasteiger partial charge in [0.2, 0.25) is 0 Å². The van der Waals surface area contributed by atoms with Gasteiger partial charge in [-0.3, -0.25) is 9.69 Å². The Morgan fingerprint density at radius 2 is 2.04 bits per heavy atom. The number of piperazine rings is 1. The molecule has 25 heavy (non-hydrogen) atoms. The minimum Gasteiger partial charge on any atom is -0.369 e. The van der Waals surface area contributed by atoms with Crippen molar-refractivity contribution >= 4 is 33.4 Å². The molecule has 3 rings (SSSR count). The summed E-state index contributed by atoms with van der Waals surface area (Å²) >= 11 is 5.21. The van der Waals surface area contributed by atoms with Gasteiger partial charge in [-0.25, -0.2) is 4.98 Å². The van der Waals surface area contributed by atoms with E-state index in [9.17, 15) is 4.79 Å². The number of aryl methyl sites for hydroxylation is 1. The van der Waals surface area contributed by atoms with Gasteiger partial charge in [-0.2, -0.15) is 0 Å². The molecule has 1 aliphatic rings. The Morgan fingerprint density at radius 3 is 2.76 bits per heavy atom. The van der Waals surface area contributed by atoms with Crippen molar-refractivity contribution in [2.75, 3.05) is 43.4 Å². The number of aromatic amines is 1. The first-order valence-corrected chi connectivity index (χ1v) is 10.3. The van der Waals surface area contributed by atoms with E-state index in [0.29, 0.717) is 5.16 Å². The molecular weight excluding hydrogens is 400 g/mol. The summed E-state index contributed by atoms with van der Waals surface area (Å²) in [7, 11) is 0. The summed E-state index contributed by atoms with van der Waals surface area (Å²) in [6.45, 7) is 7.55. The van der Waals surface area contributed by atoms with E-state index in [1.807, 2.05) is 0 Å². The van der Waals surface area contributed by atoms with E-state index >= 15 is 0 Å². The van der Waals surface area contributed by atoms with Gasteiger partial charge in [0.25, 0.3) is 5.56 Å². The minimum atomic E-state index is -0.0867. The Bertz CT molecular complexity index is 738. The average molecular weight is 423 g/mol. The Morgan fingerprint density at radius 1 is 1.24 bits per heavy atom. The Balaban J connectivity index is 1.40. The van der Waals surface area contributed by atoms with Crippen molar-refractivity contribution in [1.29, 1.82) is 0 Å². The molecule has 1 saturated heterocycles. The lowest BCUT2D eigenvalue weighted by Crippen LogP contribution is -2.46. The third-order valence-electron chi connectivity index (χ3n) is 4.27. The van der Waals surface area contributed by atoms with Crippen molar-refractivity contribution in [2.45, 2.75) is 18.5 Å². The standard InChI is InChI=1S/C18H23BrN4OS/c1-14-11-15(19)13-16(12-14)23-8-6-22(7-9-23)5-2-10-25-18-20-4-3-17(24)21-18/h3-4,11-13H,2,5-10H2,1H3,(H,20,21,24). The van der Waals surface area contributed by atoms with E-state index in [1.165, 1.54) is 17.3 Å². The molecule has 1 N–H and O–H groups in total. The molecule has 0 amide bonds. The highest BCUT2D eigenvalue weighted by Crippen LogP contribution is 2.23. The number of halogens is 1. The fourth-order valence-electron chi connectivity index (χ4n) is 3.01. The Kier molecular flexibility index (Phi) is 6.56. The van der Waals surface area contributed by atoms with E-state index in [4.69, 9.17) is 0 Å². The van der Waals surface area contributed by atoms with E-state index in [1.54, 1.807) is 18.0 Å². The second-order valence-corrected chi connectivity index (χ2v) is 8.26. The Labute approximate surface area is 161 Å². The maximum atomic E-state index is 11.2. The molecule has 0 atom stereocenters. The maximum absolute atomic E-state index is 11.2. The summed E-state index contributed by atoms with van der Waals surface area (Å²) in [5.41, 5.74) is 2.51. The molecule has 0 bridgehead atoms. The highest BCUT2D eigenvalue weighted by atomic mass is 79.9. The molecule has 5 nitrogen and oxygen atoms in total. The monoisotopic (exact) mass is 422 g/mol. The summed E-state index contributed by atoms with van der Waals surface area (Å²) < 4.78 is 1.15. The molecule has 0 radical (unpaired) electrons. The molecule has 1 aromatic carbocycles. The van der Waals surface area contributed by atoms with Crippen molar-refractivity contribution in [1.82, 2.24) is 14.9 Å². The molecular formula is C18H23BrN4OS. The lowest BCUT2D eigenvalue weighted by atomic mass is 10.2. The zero-order chi connectivity index (χ0) is 17.6. The number of rotatable bonds is 6. The zero-order valence-electron chi connectivity index (χ0n) is 14.4. The first-order valence-electron chi connectivity index (χ1n) is 8.53. The van der Waals surface area contributed by atoms with Crippen LogP contribution in [0.15, 0.2) is 44.9 Å². The lowest BCUT2D eigenvalue weighted by molar-refractivity contribution is 0.259. The Hall–Kier alpha value is -1.31. The highest BCUT2D eigenvalue weighted by Gasteiger charge is 2.17. The molecule has 2 heterocycles. The maximum Gasteiger partial charge on any atom is 0.251 e. The third-order valence-corrected chi connectivity index (χ3v) is 5.70. The zero-order valence-corrected chi connectivity index (χ0v) is 16.8. The molecule has 1 aliphatic heterocycles. The number of nitrogens with one attached hydrogen (secondary N) is 1. The van der Waals surface area contributed by atoms with Crippen molar-refractivity contribution in [2.24, 2.45) is 0 Å². The van der Waals surface area contributed by atoms with Crippen LogP contribution in [0.5, 0.6) is 0 Å². The molecule has 0 unspecified atom stereocenters. The predicted molar refractivity (Wildman–Crippen MR) is 108 cm³/mol. The van der Waals surface area contributed by atoms with Gasteiger partial charge in [0, 0.05) is 54.4 Å². The summed E-state index contributed by atoms with van der Waals surface area (Å²) in [4.78, 5) is 23.1. The van der Waals surface area contributed by atoms with Crippen LogP contribution in [-0.2, 0) is 0 Å². The van der Waals surface area contributed by atoms with Crippen molar-refractivity contribution in [3.8, 4) is 0 Å². The van der Waals surface area contributed by atoms with Crippen LogP contribution in [-0.4, -0.2) is 53.3 Å². The molecule has 0 aliphatic carbocycles. The first-order chi connectivity index (χ1) is 12.1. The smallest absolute Gasteiger partial charge is 0.251 e. The van der Waals surface area contributed by atoms with Crippen LogP contribution >= 0.6 is 27.7 Å². The molecule has 1 fully saturated rings. The number of hydrogen-bond donors (Lipinski definition) is 1. The van der Waals surface area contributed by atoms with Crippen LogP contribution in [0.2, 0.25) is 0 Å². The number of anilines is 1. The second kappa shape index (κ2) is 8.87. The van der Waals surface area contributed by atoms with Crippen LogP contribution in [0.4, 0.5) is 5.69 Å².